The molecular formula is C30H34Cl2N8O2. The maximum absolute atomic E-state index is 13.7. The zero-order valence-corrected chi connectivity index (χ0v) is 24.9. The number of halogens is 2. The summed E-state index contributed by atoms with van der Waals surface area (Å²) < 4.78 is 0. The number of nitrogens with zero attached hydrogens (tertiary/aromatic N) is 6. The zero-order chi connectivity index (χ0) is 29.8. The molecule has 0 aliphatic carbocycles. The molecule has 4 N–H and O–H groups in total. The van der Waals surface area contributed by atoms with Gasteiger partial charge in [0.2, 0.25) is 11.8 Å². The van der Waals surface area contributed by atoms with Gasteiger partial charge in [0.15, 0.2) is 0 Å². The van der Waals surface area contributed by atoms with Crippen LogP contribution in [0.15, 0.2) is 60.7 Å². The molecule has 42 heavy (non-hydrogen) atoms. The molecule has 1 saturated heterocycles. The minimum atomic E-state index is -0.796. The number of rotatable bonds is 9. The van der Waals surface area contributed by atoms with Crippen molar-refractivity contribution >= 4 is 51.7 Å². The Kier molecular flexibility index (Phi) is 9.25. The number of benzene rings is 3. The number of tetrazole rings is 1. The first-order chi connectivity index (χ1) is 20.2. The quantitative estimate of drug-likeness (QED) is 0.295. The van der Waals surface area contributed by atoms with E-state index in [4.69, 9.17) is 34.7 Å². The first kappa shape index (κ1) is 29.8. The summed E-state index contributed by atoms with van der Waals surface area (Å²) in [5.41, 5.74) is 13.8. The van der Waals surface area contributed by atoms with Crippen LogP contribution in [-0.2, 0) is 29.0 Å². The molecule has 3 atom stereocenters. The Morgan fingerprint density at radius 3 is 2.55 bits per heavy atom. The number of nitrogen functional groups attached to an aromatic ring is 1. The number of carbonyl (C=O) groups excluding carboxylic acids is 2. The van der Waals surface area contributed by atoms with E-state index in [1.165, 1.54) is 4.80 Å². The molecule has 1 aliphatic rings. The number of amides is 2. The normalized spacial score (nSPS) is 17.9. The van der Waals surface area contributed by atoms with Crippen molar-refractivity contribution in [2.45, 2.75) is 57.3 Å². The molecule has 220 valence electrons. The molecule has 1 aromatic heterocycles. The molecule has 5 rings (SSSR count). The van der Waals surface area contributed by atoms with E-state index < -0.39 is 6.04 Å². The molecule has 12 heteroatoms. The predicted octanol–water partition coefficient (Wildman–Crippen LogP) is 3.74. The Morgan fingerprint density at radius 1 is 1.02 bits per heavy atom. The second-order valence-electron chi connectivity index (χ2n) is 10.8. The van der Waals surface area contributed by atoms with Crippen LogP contribution in [0.5, 0.6) is 0 Å². The monoisotopic (exact) mass is 608 g/mol. The average molecular weight is 610 g/mol. The van der Waals surface area contributed by atoms with E-state index in [2.05, 4.69) is 27.5 Å². The molecule has 0 radical (unpaired) electrons. The van der Waals surface area contributed by atoms with Gasteiger partial charge in [0.1, 0.15) is 0 Å². The van der Waals surface area contributed by atoms with Crippen LogP contribution in [0.25, 0.3) is 10.8 Å². The largest absolute Gasteiger partial charge is 0.365 e. The maximum atomic E-state index is 13.7. The average Bonchev–Trinajstić information content (AvgIpc) is 3.39. The van der Waals surface area contributed by atoms with Gasteiger partial charge in [-0.15, -0.1) is 5.10 Å². The van der Waals surface area contributed by atoms with Gasteiger partial charge in [-0.2, -0.15) is 4.80 Å². The molecule has 0 unspecified atom stereocenters. The van der Waals surface area contributed by atoms with Crippen molar-refractivity contribution in [3.63, 3.8) is 0 Å². The van der Waals surface area contributed by atoms with Crippen LogP contribution in [0.4, 0.5) is 5.95 Å². The molecule has 1 fully saturated rings. The fourth-order valence-corrected chi connectivity index (χ4v) is 6.06. The number of aryl methyl sites for hydroxylation is 1. The Labute approximate surface area is 254 Å². The fraction of sp³-hybridized carbons (Fsp3) is 0.367. The number of piperazine rings is 1. The van der Waals surface area contributed by atoms with Crippen molar-refractivity contribution < 1.29 is 9.59 Å². The van der Waals surface area contributed by atoms with Crippen LogP contribution >= 0.6 is 23.2 Å². The molecule has 3 aromatic carbocycles. The summed E-state index contributed by atoms with van der Waals surface area (Å²) in [6.45, 7) is 3.23. The zero-order valence-electron chi connectivity index (χ0n) is 23.4. The second-order valence-corrected chi connectivity index (χ2v) is 11.7. The van der Waals surface area contributed by atoms with E-state index in [1.54, 1.807) is 18.2 Å². The summed E-state index contributed by atoms with van der Waals surface area (Å²) in [7, 11) is 0. The highest BCUT2D eigenvalue weighted by Crippen LogP contribution is 2.25. The van der Waals surface area contributed by atoms with Crippen molar-refractivity contribution in [1.29, 1.82) is 0 Å². The molecule has 0 saturated carbocycles. The van der Waals surface area contributed by atoms with Crippen LogP contribution in [-0.4, -0.2) is 73.0 Å². The minimum Gasteiger partial charge on any atom is -0.365 e. The van der Waals surface area contributed by atoms with Gasteiger partial charge in [-0.05, 0) is 65.4 Å². The van der Waals surface area contributed by atoms with E-state index in [0.29, 0.717) is 42.5 Å². The lowest BCUT2D eigenvalue weighted by molar-refractivity contribution is -0.147. The first-order valence-electron chi connectivity index (χ1n) is 14.0. The van der Waals surface area contributed by atoms with E-state index in [1.807, 2.05) is 47.1 Å². The molecule has 2 amide bonds. The number of anilines is 1. The van der Waals surface area contributed by atoms with Crippen LogP contribution in [0.1, 0.15) is 30.9 Å². The van der Waals surface area contributed by atoms with Gasteiger partial charge in [0.05, 0.1) is 19.0 Å². The van der Waals surface area contributed by atoms with Gasteiger partial charge >= 0.3 is 0 Å². The molecule has 4 aromatic rings. The lowest BCUT2D eigenvalue weighted by Crippen LogP contribution is -2.63. The van der Waals surface area contributed by atoms with E-state index in [9.17, 15) is 9.59 Å². The minimum absolute atomic E-state index is 0.0258. The van der Waals surface area contributed by atoms with E-state index in [-0.39, 0.29) is 42.7 Å². The summed E-state index contributed by atoms with van der Waals surface area (Å²) in [5.74, 6) is -0.0453. The van der Waals surface area contributed by atoms with Gasteiger partial charge in [-0.3, -0.25) is 9.59 Å². The smallest absolute Gasteiger partial charge is 0.260 e. The van der Waals surface area contributed by atoms with Crippen LogP contribution in [0.2, 0.25) is 10.0 Å². The standard InChI is InChI=1S/C30H34Cl2N8O2/c1-19-17-39(29(42)27(33)15-23-10-11-24(31)16-26(23)32)25(7-4-12-40-36-30(34)35-37-40)18-38(19)28(41)14-20-8-9-21-5-2-3-6-22(21)13-20/h2-3,5-6,8-11,13,16,19,25,27H,4,7,12,14-15,17-18,33H2,1H3,(H2,34,36)/t19-,25+,27-/m1/s1. The number of hydrogen-bond donors (Lipinski definition) is 2. The van der Waals surface area contributed by atoms with Crippen molar-refractivity contribution in [3.05, 3.63) is 81.8 Å². The Morgan fingerprint density at radius 2 is 1.81 bits per heavy atom. The topological polar surface area (TPSA) is 136 Å². The van der Waals surface area contributed by atoms with Gasteiger partial charge in [-0.1, -0.05) is 76.8 Å². The second kappa shape index (κ2) is 13.1. The van der Waals surface area contributed by atoms with Crippen LogP contribution < -0.4 is 11.5 Å². The Hall–Kier alpha value is -3.73. The lowest BCUT2D eigenvalue weighted by Gasteiger charge is -2.46. The number of nitrogens with two attached hydrogens (primary N) is 2. The highest BCUT2D eigenvalue weighted by atomic mass is 35.5. The third-order valence-corrected chi connectivity index (χ3v) is 8.34. The highest BCUT2D eigenvalue weighted by Gasteiger charge is 2.38. The number of carbonyl (C=O) groups is 2. The van der Waals surface area contributed by atoms with E-state index in [0.717, 1.165) is 21.9 Å². The molecule has 2 heterocycles. The van der Waals surface area contributed by atoms with Crippen molar-refractivity contribution in [3.8, 4) is 0 Å². The van der Waals surface area contributed by atoms with Crippen molar-refractivity contribution in [1.82, 2.24) is 30.0 Å². The summed E-state index contributed by atoms with van der Waals surface area (Å²) in [6, 6.07) is 18.2. The summed E-state index contributed by atoms with van der Waals surface area (Å²) >= 11 is 12.4. The molecule has 0 bridgehead atoms. The molecule has 10 nitrogen and oxygen atoms in total. The SMILES string of the molecule is C[C@@H]1CN(C(=O)[C@H](N)Cc2ccc(Cl)cc2Cl)[C@@H](CCCn2nnc(N)n2)CN1C(=O)Cc1ccc2ccccc2c1. The van der Waals surface area contributed by atoms with Gasteiger partial charge in [0.25, 0.3) is 5.95 Å². The summed E-state index contributed by atoms with van der Waals surface area (Å²) in [5, 5.41) is 14.9. The third-order valence-electron chi connectivity index (χ3n) is 7.75. The van der Waals surface area contributed by atoms with Gasteiger partial charge in [0, 0.05) is 35.2 Å². The number of aromatic nitrogens is 4. The fourth-order valence-electron chi connectivity index (χ4n) is 5.57. The first-order valence-corrected chi connectivity index (χ1v) is 14.7. The Bertz CT molecular complexity index is 1580. The molecule has 0 spiro atoms. The third kappa shape index (κ3) is 7.00. The van der Waals surface area contributed by atoms with Crippen LogP contribution in [0.3, 0.4) is 0 Å². The summed E-state index contributed by atoms with van der Waals surface area (Å²) in [6.07, 6.45) is 1.84. The highest BCUT2D eigenvalue weighted by molar-refractivity contribution is 6.35. The van der Waals surface area contributed by atoms with E-state index >= 15 is 0 Å². The Balaban J connectivity index is 1.30. The lowest BCUT2D eigenvalue weighted by atomic mass is 9.98. The summed E-state index contributed by atoms with van der Waals surface area (Å²) in [4.78, 5) is 32.5. The number of fused-ring (bicyclic) bond motifs is 1. The number of hydrogen-bond acceptors (Lipinski definition) is 7. The van der Waals surface area contributed by atoms with Crippen molar-refractivity contribution in [2.75, 3.05) is 18.8 Å². The maximum Gasteiger partial charge on any atom is 0.260 e. The molecular weight excluding hydrogens is 575 g/mol. The van der Waals surface area contributed by atoms with Crippen LogP contribution in [0, 0.1) is 0 Å². The molecule has 1 aliphatic heterocycles. The van der Waals surface area contributed by atoms with Gasteiger partial charge < -0.3 is 21.3 Å². The van der Waals surface area contributed by atoms with Crippen molar-refractivity contribution in [2.24, 2.45) is 5.73 Å². The predicted molar refractivity (Wildman–Crippen MR) is 164 cm³/mol. The van der Waals surface area contributed by atoms with Gasteiger partial charge in [-0.25, -0.2) is 0 Å².